The predicted octanol–water partition coefficient (Wildman–Crippen LogP) is 1.91. The summed E-state index contributed by atoms with van der Waals surface area (Å²) in [6.07, 6.45) is -3.19. The zero-order valence-electron chi connectivity index (χ0n) is 9.87. The van der Waals surface area contributed by atoms with E-state index in [1.807, 2.05) is 0 Å². The van der Waals surface area contributed by atoms with Gasteiger partial charge in [0.25, 0.3) is 0 Å². The first-order valence-corrected chi connectivity index (χ1v) is 5.37. The molecular weight excluding hydrogens is 249 g/mol. The smallest absolute Gasteiger partial charge is 0.396 e. The van der Waals surface area contributed by atoms with Gasteiger partial charge in [-0.2, -0.15) is 13.2 Å². The molecule has 0 aliphatic rings. The van der Waals surface area contributed by atoms with E-state index in [1.165, 1.54) is 13.2 Å². The Morgan fingerprint density at radius 3 is 2.61 bits per heavy atom. The summed E-state index contributed by atoms with van der Waals surface area (Å²) in [7, 11) is 1.51. The van der Waals surface area contributed by atoms with Gasteiger partial charge < -0.3 is 15.2 Å². The maximum Gasteiger partial charge on any atom is 0.417 e. The molecule has 0 saturated carbocycles. The van der Waals surface area contributed by atoms with Crippen LogP contribution in [0.15, 0.2) is 18.3 Å². The Balaban J connectivity index is 2.67. The number of anilines is 1. The summed E-state index contributed by atoms with van der Waals surface area (Å²) in [6.45, 7) is 0.297. The van der Waals surface area contributed by atoms with E-state index in [9.17, 15) is 13.2 Å². The third kappa shape index (κ3) is 4.50. The highest BCUT2D eigenvalue weighted by Crippen LogP contribution is 2.28. The number of aliphatic hydroxyl groups excluding tert-OH is 1. The first-order valence-electron chi connectivity index (χ1n) is 5.37. The number of ether oxygens (including phenoxy) is 1. The van der Waals surface area contributed by atoms with Gasteiger partial charge in [0.1, 0.15) is 5.82 Å². The molecule has 0 aliphatic carbocycles. The molecule has 18 heavy (non-hydrogen) atoms. The lowest BCUT2D eigenvalue weighted by molar-refractivity contribution is -0.137. The molecule has 1 aromatic rings. The molecule has 0 fully saturated rings. The van der Waals surface area contributed by atoms with E-state index in [-0.39, 0.29) is 12.6 Å². The standard InChI is InChI=1S/C11H15F3N2O2/c1-18-7-9(4-5-17)16-10-3-2-8(6-15-10)11(12,13)14/h2-3,6,9,17H,4-5,7H2,1H3,(H,15,16). The van der Waals surface area contributed by atoms with Crippen molar-refractivity contribution in [2.24, 2.45) is 0 Å². The number of halogens is 3. The number of aliphatic hydroxyl groups is 1. The molecule has 0 aliphatic heterocycles. The minimum absolute atomic E-state index is 0.0400. The maximum absolute atomic E-state index is 12.3. The number of nitrogens with zero attached hydrogens (tertiary/aromatic N) is 1. The maximum atomic E-state index is 12.3. The van der Waals surface area contributed by atoms with Crippen molar-refractivity contribution in [3.05, 3.63) is 23.9 Å². The quantitative estimate of drug-likeness (QED) is 0.824. The van der Waals surface area contributed by atoms with Gasteiger partial charge in [-0.15, -0.1) is 0 Å². The van der Waals surface area contributed by atoms with Crippen LogP contribution >= 0.6 is 0 Å². The lowest BCUT2D eigenvalue weighted by Crippen LogP contribution is -2.26. The molecule has 0 amide bonds. The van der Waals surface area contributed by atoms with Crippen LogP contribution in [0, 0.1) is 0 Å². The van der Waals surface area contributed by atoms with Crippen LogP contribution < -0.4 is 5.32 Å². The SMILES string of the molecule is COCC(CCO)Nc1ccc(C(F)(F)F)cn1. The van der Waals surface area contributed by atoms with Gasteiger partial charge in [0.2, 0.25) is 0 Å². The number of aromatic nitrogens is 1. The fourth-order valence-corrected chi connectivity index (χ4v) is 1.41. The van der Waals surface area contributed by atoms with Crippen molar-refractivity contribution in [3.8, 4) is 0 Å². The Hall–Kier alpha value is -1.34. The Morgan fingerprint density at radius 1 is 1.44 bits per heavy atom. The molecule has 7 heteroatoms. The molecule has 0 saturated heterocycles. The number of nitrogens with one attached hydrogen (secondary N) is 1. The number of methoxy groups -OCH3 is 1. The number of rotatable bonds is 6. The van der Waals surface area contributed by atoms with E-state index in [2.05, 4.69) is 10.3 Å². The Kier molecular flexibility index (Phi) is 5.36. The molecule has 1 heterocycles. The highest BCUT2D eigenvalue weighted by Gasteiger charge is 2.30. The molecule has 1 unspecified atom stereocenters. The fraction of sp³-hybridized carbons (Fsp3) is 0.545. The summed E-state index contributed by atoms with van der Waals surface area (Å²) < 4.78 is 41.9. The second-order valence-electron chi connectivity index (χ2n) is 3.74. The van der Waals surface area contributed by atoms with Crippen LogP contribution in [0.3, 0.4) is 0 Å². The van der Waals surface area contributed by atoms with Crippen molar-refractivity contribution in [2.45, 2.75) is 18.6 Å². The van der Waals surface area contributed by atoms with Crippen LogP contribution in [0.1, 0.15) is 12.0 Å². The van der Waals surface area contributed by atoms with Gasteiger partial charge in [-0.1, -0.05) is 0 Å². The van der Waals surface area contributed by atoms with Gasteiger partial charge in [-0.3, -0.25) is 0 Å². The molecule has 1 rings (SSSR count). The highest BCUT2D eigenvalue weighted by atomic mass is 19.4. The van der Waals surface area contributed by atoms with Gasteiger partial charge in [-0.05, 0) is 18.6 Å². The van der Waals surface area contributed by atoms with Gasteiger partial charge >= 0.3 is 6.18 Å². The van der Waals surface area contributed by atoms with Crippen molar-refractivity contribution >= 4 is 5.82 Å². The second kappa shape index (κ2) is 6.55. The first-order chi connectivity index (χ1) is 8.47. The van der Waals surface area contributed by atoms with E-state index in [0.717, 1.165) is 12.3 Å². The summed E-state index contributed by atoms with van der Waals surface area (Å²) in [5.74, 6) is 0.318. The molecule has 0 bridgehead atoms. The largest absolute Gasteiger partial charge is 0.417 e. The summed E-state index contributed by atoms with van der Waals surface area (Å²) >= 11 is 0. The lowest BCUT2D eigenvalue weighted by atomic mass is 10.2. The summed E-state index contributed by atoms with van der Waals surface area (Å²) in [5, 5.41) is 11.7. The summed E-state index contributed by atoms with van der Waals surface area (Å²) in [6, 6.07) is 2.02. The molecule has 2 N–H and O–H groups in total. The van der Waals surface area contributed by atoms with E-state index in [4.69, 9.17) is 9.84 Å². The minimum Gasteiger partial charge on any atom is -0.396 e. The second-order valence-corrected chi connectivity index (χ2v) is 3.74. The van der Waals surface area contributed by atoms with E-state index in [0.29, 0.717) is 18.8 Å². The molecule has 0 spiro atoms. The van der Waals surface area contributed by atoms with Crippen LogP contribution in [0.25, 0.3) is 0 Å². The van der Waals surface area contributed by atoms with Crippen LogP contribution in [0.5, 0.6) is 0 Å². The Labute approximate surface area is 103 Å². The van der Waals surface area contributed by atoms with Crippen LogP contribution in [-0.4, -0.2) is 36.5 Å². The third-order valence-electron chi connectivity index (χ3n) is 2.29. The van der Waals surface area contributed by atoms with Gasteiger partial charge in [0.05, 0.1) is 18.2 Å². The zero-order valence-corrected chi connectivity index (χ0v) is 9.87. The van der Waals surface area contributed by atoms with E-state index in [1.54, 1.807) is 0 Å². The van der Waals surface area contributed by atoms with E-state index < -0.39 is 11.7 Å². The third-order valence-corrected chi connectivity index (χ3v) is 2.29. The average molecular weight is 264 g/mol. The van der Waals surface area contributed by atoms with Crippen LogP contribution in [-0.2, 0) is 10.9 Å². The lowest BCUT2D eigenvalue weighted by Gasteiger charge is -2.17. The fourth-order valence-electron chi connectivity index (χ4n) is 1.41. The number of pyridine rings is 1. The van der Waals surface area contributed by atoms with Crippen molar-refractivity contribution < 1.29 is 23.0 Å². The van der Waals surface area contributed by atoms with Gasteiger partial charge in [-0.25, -0.2) is 4.98 Å². The highest BCUT2D eigenvalue weighted by molar-refractivity contribution is 5.37. The molecule has 0 aromatic carbocycles. The van der Waals surface area contributed by atoms with Crippen LogP contribution in [0.4, 0.5) is 19.0 Å². The normalized spacial score (nSPS) is 13.4. The summed E-state index contributed by atoms with van der Waals surface area (Å²) in [5.41, 5.74) is -0.793. The van der Waals surface area contributed by atoms with Crippen molar-refractivity contribution in [1.29, 1.82) is 0 Å². The minimum atomic E-state index is -4.39. The predicted molar refractivity (Wildman–Crippen MR) is 60.2 cm³/mol. The van der Waals surface area contributed by atoms with Crippen molar-refractivity contribution in [2.75, 3.05) is 25.6 Å². The summed E-state index contributed by atoms with van der Waals surface area (Å²) in [4.78, 5) is 3.68. The van der Waals surface area contributed by atoms with Crippen molar-refractivity contribution in [3.63, 3.8) is 0 Å². The average Bonchev–Trinajstić information content (AvgIpc) is 2.29. The number of alkyl halides is 3. The van der Waals surface area contributed by atoms with Gasteiger partial charge in [0, 0.05) is 19.9 Å². The Bertz CT molecular complexity index is 348. The molecule has 1 atom stereocenters. The Morgan fingerprint density at radius 2 is 2.17 bits per heavy atom. The molecule has 0 radical (unpaired) electrons. The molecule has 102 valence electrons. The topological polar surface area (TPSA) is 54.4 Å². The zero-order chi connectivity index (χ0) is 13.6. The molecule has 1 aromatic heterocycles. The van der Waals surface area contributed by atoms with Crippen LogP contribution in [0.2, 0.25) is 0 Å². The monoisotopic (exact) mass is 264 g/mol. The first kappa shape index (κ1) is 14.7. The number of hydrogen-bond acceptors (Lipinski definition) is 4. The molecular formula is C11H15F3N2O2. The molecule has 4 nitrogen and oxygen atoms in total. The number of hydrogen-bond donors (Lipinski definition) is 2. The van der Waals surface area contributed by atoms with E-state index >= 15 is 0 Å². The van der Waals surface area contributed by atoms with Crippen molar-refractivity contribution in [1.82, 2.24) is 4.98 Å². The van der Waals surface area contributed by atoms with Gasteiger partial charge in [0.15, 0.2) is 0 Å².